The molecule has 0 aromatic heterocycles. The van der Waals surface area contributed by atoms with E-state index in [2.05, 4.69) is 17.6 Å². The summed E-state index contributed by atoms with van der Waals surface area (Å²) in [6.45, 7) is 1.26. The van der Waals surface area contributed by atoms with Crippen molar-refractivity contribution in [2.75, 3.05) is 39.8 Å². The average molecular weight is 459 g/mol. The van der Waals surface area contributed by atoms with Crippen LogP contribution in [0, 0.1) is 0 Å². The molecule has 2 amide bonds. The normalized spacial score (nSPS) is 10.2. The van der Waals surface area contributed by atoms with Gasteiger partial charge >= 0.3 is 5.97 Å². The number of unbranched alkanes of at least 4 members (excludes halogenated alkanes) is 1. The summed E-state index contributed by atoms with van der Waals surface area (Å²) in [7, 11) is 4.32. The Hall–Kier alpha value is -3.75. The molecule has 2 aromatic carbocycles. The van der Waals surface area contributed by atoms with Crippen LogP contribution in [-0.4, -0.2) is 52.3 Å². The SMILES string of the molecule is CCCCc1ccc(NC(=O)COC(=O)CNC(=O)c2cc(OC)c(OC)c(OC)c2)cc1. The molecule has 0 heterocycles. The first-order valence-electron chi connectivity index (χ1n) is 10.5. The van der Waals surface area contributed by atoms with Crippen LogP contribution in [0.5, 0.6) is 17.2 Å². The van der Waals surface area contributed by atoms with Crippen molar-refractivity contribution in [2.24, 2.45) is 0 Å². The Morgan fingerprint density at radius 3 is 2.09 bits per heavy atom. The molecule has 0 radical (unpaired) electrons. The molecule has 2 N–H and O–H groups in total. The summed E-state index contributed by atoms with van der Waals surface area (Å²) in [5.74, 6) is -0.808. The second-order valence-corrected chi connectivity index (χ2v) is 7.11. The fourth-order valence-electron chi connectivity index (χ4n) is 3.00. The summed E-state index contributed by atoms with van der Waals surface area (Å²) in [6.07, 6.45) is 3.22. The molecule has 0 aliphatic carbocycles. The lowest BCUT2D eigenvalue weighted by atomic mass is 10.1. The van der Waals surface area contributed by atoms with Crippen LogP contribution in [0.25, 0.3) is 0 Å². The van der Waals surface area contributed by atoms with E-state index >= 15 is 0 Å². The molecule has 2 rings (SSSR count). The van der Waals surface area contributed by atoms with Gasteiger partial charge < -0.3 is 29.6 Å². The van der Waals surface area contributed by atoms with Crippen molar-refractivity contribution < 1.29 is 33.3 Å². The lowest BCUT2D eigenvalue weighted by Gasteiger charge is -2.14. The zero-order valence-electron chi connectivity index (χ0n) is 19.4. The van der Waals surface area contributed by atoms with Crippen LogP contribution < -0.4 is 24.8 Å². The monoisotopic (exact) mass is 458 g/mol. The number of hydrogen-bond donors (Lipinski definition) is 2. The lowest BCUT2D eigenvalue weighted by molar-refractivity contribution is -0.146. The summed E-state index contributed by atoms with van der Waals surface area (Å²) in [4.78, 5) is 36.4. The number of hydrogen-bond acceptors (Lipinski definition) is 7. The second-order valence-electron chi connectivity index (χ2n) is 7.11. The van der Waals surface area contributed by atoms with E-state index in [4.69, 9.17) is 18.9 Å². The van der Waals surface area contributed by atoms with E-state index in [1.54, 1.807) is 0 Å². The Kier molecular flexibility index (Phi) is 10.0. The van der Waals surface area contributed by atoms with Gasteiger partial charge in [-0.3, -0.25) is 14.4 Å². The molecule has 2 aromatic rings. The topological polar surface area (TPSA) is 112 Å². The van der Waals surface area contributed by atoms with Gasteiger partial charge in [-0.1, -0.05) is 25.5 Å². The first-order valence-corrected chi connectivity index (χ1v) is 10.5. The molecule has 33 heavy (non-hydrogen) atoms. The van der Waals surface area contributed by atoms with E-state index in [-0.39, 0.29) is 5.56 Å². The molecule has 0 atom stereocenters. The number of methoxy groups -OCH3 is 3. The Labute approximate surface area is 193 Å². The van der Waals surface area contributed by atoms with Gasteiger partial charge in [0, 0.05) is 11.3 Å². The molecular formula is C24H30N2O7. The van der Waals surface area contributed by atoms with Gasteiger partial charge in [0.05, 0.1) is 21.3 Å². The van der Waals surface area contributed by atoms with Crippen molar-refractivity contribution in [1.29, 1.82) is 0 Å². The number of esters is 1. The van der Waals surface area contributed by atoms with Gasteiger partial charge in [0.25, 0.3) is 11.8 Å². The van der Waals surface area contributed by atoms with E-state index in [1.165, 1.54) is 39.0 Å². The summed E-state index contributed by atoms with van der Waals surface area (Å²) in [6, 6.07) is 10.4. The van der Waals surface area contributed by atoms with Crippen LogP contribution in [0.1, 0.15) is 35.7 Å². The molecule has 9 heteroatoms. The number of aryl methyl sites for hydroxylation is 1. The van der Waals surface area contributed by atoms with Gasteiger partial charge in [-0.2, -0.15) is 0 Å². The fourth-order valence-corrected chi connectivity index (χ4v) is 3.00. The van der Waals surface area contributed by atoms with Crippen LogP contribution in [0.15, 0.2) is 36.4 Å². The molecule has 0 saturated carbocycles. The first-order chi connectivity index (χ1) is 15.9. The number of carbonyl (C=O) groups is 3. The minimum Gasteiger partial charge on any atom is -0.493 e. The van der Waals surface area contributed by atoms with Crippen LogP contribution >= 0.6 is 0 Å². The molecule has 0 unspecified atom stereocenters. The Morgan fingerprint density at radius 1 is 0.909 bits per heavy atom. The predicted molar refractivity (Wildman–Crippen MR) is 123 cm³/mol. The van der Waals surface area contributed by atoms with Gasteiger partial charge in [-0.05, 0) is 42.7 Å². The molecule has 0 fully saturated rings. The third-order valence-electron chi connectivity index (χ3n) is 4.74. The minimum atomic E-state index is -0.749. The maximum Gasteiger partial charge on any atom is 0.325 e. The van der Waals surface area contributed by atoms with Gasteiger partial charge in [0.15, 0.2) is 18.1 Å². The zero-order valence-corrected chi connectivity index (χ0v) is 19.4. The number of carbonyl (C=O) groups excluding carboxylic acids is 3. The van der Waals surface area contributed by atoms with Crippen molar-refractivity contribution in [1.82, 2.24) is 5.32 Å². The minimum absolute atomic E-state index is 0.206. The molecule has 0 bridgehead atoms. The lowest BCUT2D eigenvalue weighted by Crippen LogP contribution is -2.32. The van der Waals surface area contributed by atoms with Crippen LogP contribution in [0.2, 0.25) is 0 Å². The molecule has 0 aliphatic rings. The van der Waals surface area contributed by atoms with Gasteiger partial charge in [-0.25, -0.2) is 0 Å². The van der Waals surface area contributed by atoms with Gasteiger partial charge in [0.2, 0.25) is 5.75 Å². The summed E-state index contributed by atoms with van der Waals surface area (Å²) >= 11 is 0. The highest BCUT2D eigenvalue weighted by molar-refractivity contribution is 5.97. The fraction of sp³-hybridized carbons (Fsp3) is 0.375. The number of anilines is 1. The highest BCUT2D eigenvalue weighted by Gasteiger charge is 2.18. The zero-order chi connectivity index (χ0) is 24.2. The van der Waals surface area contributed by atoms with E-state index in [9.17, 15) is 14.4 Å². The quantitative estimate of drug-likeness (QED) is 0.470. The first kappa shape index (κ1) is 25.5. The third kappa shape index (κ3) is 7.71. The molecule has 0 spiro atoms. The summed E-state index contributed by atoms with van der Waals surface area (Å²) in [5, 5.41) is 5.10. The summed E-state index contributed by atoms with van der Waals surface area (Å²) in [5.41, 5.74) is 2.02. The summed E-state index contributed by atoms with van der Waals surface area (Å²) < 4.78 is 20.6. The average Bonchev–Trinajstić information content (AvgIpc) is 2.84. The molecule has 9 nitrogen and oxygen atoms in total. The molecule has 0 saturated heterocycles. The van der Waals surface area contributed by atoms with Crippen molar-refractivity contribution >= 4 is 23.5 Å². The molecule has 0 aliphatic heterocycles. The smallest absolute Gasteiger partial charge is 0.325 e. The molecule has 178 valence electrons. The Morgan fingerprint density at radius 2 is 1.55 bits per heavy atom. The number of benzene rings is 2. The second kappa shape index (κ2) is 12.9. The molecular weight excluding hydrogens is 428 g/mol. The maximum absolute atomic E-state index is 12.4. The predicted octanol–water partition coefficient (Wildman–Crippen LogP) is 2.97. The Balaban J connectivity index is 1.81. The maximum atomic E-state index is 12.4. The van der Waals surface area contributed by atoms with Gasteiger partial charge in [-0.15, -0.1) is 0 Å². The van der Waals surface area contributed by atoms with Gasteiger partial charge in [0.1, 0.15) is 6.54 Å². The van der Waals surface area contributed by atoms with Crippen molar-refractivity contribution in [3.05, 3.63) is 47.5 Å². The van der Waals surface area contributed by atoms with E-state index in [0.717, 1.165) is 19.3 Å². The van der Waals surface area contributed by atoms with Crippen LogP contribution in [0.4, 0.5) is 5.69 Å². The number of rotatable bonds is 12. The highest BCUT2D eigenvalue weighted by atomic mass is 16.5. The third-order valence-corrected chi connectivity index (χ3v) is 4.74. The highest BCUT2D eigenvalue weighted by Crippen LogP contribution is 2.38. The van der Waals surface area contributed by atoms with Crippen molar-refractivity contribution in [3.8, 4) is 17.2 Å². The van der Waals surface area contributed by atoms with Crippen molar-refractivity contribution in [2.45, 2.75) is 26.2 Å². The largest absolute Gasteiger partial charge is 0.493 e. The van der Waals surface area contributed by atoms with E-state index < -0.39 is 30.9 Å². The standard InChI is InChI=1S/C24H30N2O7/c1-5-6-7-16-8-10-18(11-9-16)26-21(27)15-33-22(28)14-25-24(29)17-12-19(30-2)23(32-4)20(13-17)31-3/h8-13H,5-7,14-15H2,1-4H3,(H,25,29)(H,26,27). The van der Waals surface area contributed by atoms with Crippen LogP contribution in [-0.2, 0) is 20.7 Å². The number of nitrogens with one attached hydrogen (secondary N) is 2. The van der Waals surface area contributed by atoms with Crippen molar-refractivity contribution in [3.63, 3.8) is 0 Å². The number of ether oxygens (including phenoxy) is 4. The Bertz CT molecular complexity index is 933. The van der Waals surface area contributed by atoms with Crippen LogP contribution in [0.3, 0.4) is 0 Å². The number of amides is 2. The van der Waals surface area contributed by atoms with E-state index in [0.29, 0.717) is 22.9 Å². The van der Waals surface area contributed by atoms with E-state index in [1.807, 2.05) is 24.3 Å².